The van der Waals surface area contributed by atoms with Crippen LogP contribution < -0.4 is 0 Å². The maximum Gasteiger partial charge on any atom is 0.460 e. The number of rotatable bonds is 5. The normalized spacial score (nSPS) is 28.9. The zero-order chi connectivity index (χ0) is 17.7. The minimum atomic E-state index is -0.326. The minimum Gasteiger partial charge on any atom is -0.403 e. The van der Waals surface area contributed by atoms with Crippen molar-refractivity contribution >= 4 is 14.2 Å². The molecule has 0 saturated carbocycles. The Morgan fingerprint density at radius 2 is 1.17 bits per heavy atom. The summed E-state index contributed by atoms with van der Waals surface area (Å²) in [6.45, 7) is 20.5. The summed E-state index contributed by atoms with van der Waals surface area (Å²) in [5.41, 5.74) is -1.28. The Morgan fingerprint density at radius 1 is 0.783 bits per heavy atom. The summed E-state index contributed by atoms with van der Waals surface area (Å²) in [4.78, 5) is 0. The molecule has 2 heterocycles. The smallest absolute Gasteiger partial charge is 0.403 e. The minimum absolute atomic E-state index is 0.156. The lowest BCUT2D eigenvalue weighted by molar-refractivity contribution is 0.00578. The molecule has 2 aliphatic heterocycles. The first-order chi connectivity index (χ1) is 10.3. The van der Waals surface area contributed by atoms with Gasteiger partial charge in [-0.2, -0.15) is 0 Å². The van der Waals surface area contributed by atoms with Crippen LogP contribution in [0.1, 0.15) is 61.8 Å². The molecule has 0 aliphatic carbocycles. The molecule has 2 fully saturated rings. The second-order valence-corrected chi connectivity index (χ2v) is 8.83. The summed E-state index contributed by atoms with van der Waals surface area (Å²) < 4.78 is 24.7. The van der Waals surface area contributed by atoms with Gasteiger partial charge in [0.15, 0.2) is 0 Å². The molecule has 23 heavy (non-hydrogen) atoms. The van der Waals surface area contributed by atoms with E-state index in [1.54, 1.807) is 0 Å². The summed E-state index contributed by atoms with van der Waals surface area (Å²) in [5.74, 6) is 0.156. The van der Waals surface area contributed by atoms with Crippen molar-refractivity contribution in [3.8, 4) is 0 Å². The van der Waals surface area contributed by atoms with Gasteiger partial charge in [0.2, 0.25) is 0 Å². The maximum atomic E-state index is 6.21. The van der Waals surface area contributed by atoms with Gasteiger partial charge < -0.3 is 18.6 Å². The fourth-order valence-electron chi connectivity index (χ4n) is 2.92. The fraction of sp³-hybridized carbons (Fsp3) is 0.882. The molecule has 0 aromatic heterocycles. The molecule has 0 aromatic carbocycles. The van der Waals surface area contributed by atoms with Gasteiger partial charge in [0.05, 0.1) is 22.4 Å². The molecule has 2 aliphatic rings. The quantitative estimate of drug-likeness (QED) is 0.564. The zero-order valence-corrected chi connectivity index (χ0v) is 16.1. The predicted molar refractivity (Wildman–Crippen MR) is 95.5 cm³/mol. The maximum absolute atomic E-state index is 6.21. The molecule has 0 spiro atoms. The van der Waals surface area contributed by atoms with Crippen molar-refractivity contribution in [3.63, 3.8) is 0 Å². The van der Waals surface area contributed by atoms with E-state index in [-0.39, 0.29) is 42.5 Å². The summed E-state index contributed by atoms with van der Waals surface area (Å²) in [6.07, 6.45) is 3.46. The predicted octanol–water partition coefficient (Wildman–Crippen LogP) is 4.12. The summed E-state index contributed by atoms with van der Waals surface area (Å²) in [5, 5.41) is 0. The van der Waals surface area contributed by atoms with Crippen LogP contribution in [0.4, 0.5) is 0 Å². The van der Waals surface area contributed by atoms with Gasteiger partial charge in [0.1, 0.15) is 0 Å². The van der Waals surface area contributed by atoms with Crippen LogP contribution in [0.15, 0.2) is 12.7 Å². The highest BCUT2D eigenvalue weighted by atomic mass is 16.7. The second-order valence-electron chi connectivity index (χ2n) is 8.83. The lowest BCUT2D eigenvalue weighted by Crippen LogP contribution is -2.41. The first-order valence-electron chi connectivity index (χ1n) is 8.63. The molecule has 2 rings (SSSR count). The highest BCUT2D eigenvalue weighted by molar-refractivity contribution is 6.53. The van der Waals surface area contributed by atoms with Crippen molar-refractivity contribution in [2.45, 2.75) is 96.4 Å². The van der Waals surface area contributed by atoms with Gasteiger partial charge >= 0.3 is 14.2 Å². The second kappa shape index (κ2) is 5.90. The van der Waals surface area contributed by atoms with Crippen LogP contribution in [0, 0.1) is 0 Å². The third kappa shape index (κ3) is 3.55. The Bertz CT molecular complexity index is 428. The number of allylic oxidation sites excluding steroid dienone is 1. The summed E-state index contributed by atoms with van der Waals surface area (Å²) >= 11 is 0. The molecule has 0 amide bonds. The topological polar surface area (TPSA) is 36.9 Å². The van der Waals surface area contributed by atoms with Gasteiger partial charge in [-0.1, -0.05) is 6.08 Å². The molecule has 0 radical (unpaired) electrons. The molecule has 0 aromatic rings. The van der Waals surface area contributed by atoms with Crippen molar-refractivity contribution in [2.24, 2.45) is 0 Å². The van der Waals surface area contributed by atoms with E-state index in [0.717, 1.165) is 12.7 Å². The highest BCUT2D eigenvalue weighted by Gasteiger charge is 2.56. The lowest BCUT2D eigenvalue weighted by Gasteiger charge is -2.32. The molecule has 1 atom stereocenters. The zero-order valence-electron chi connectivity index (χ0n) is 16.1. The Hall–Kier alpha value is -0.290. The van der Waals surface area contributed by atoms with E-state index in [9.17, 15) is 0 Å². The molecule has 0 bridgehead atoms. The molecule has 4 nitrogen and oxygen atoms in total. The average Bonchev–Trinajstić information content (AvgIpc) is 2.68. The number of hydrogen-bond acceptors (Lipinski definition) is 4. The first kappa shape index (κ1) is 19.0. The van der Waals surface area contributed by atoms with E-state index in [0.29, 0.717) is 0 Å². The average molecular weight is 322 g/mol. The van der Waals surface area contributed by atoms with E-state index in [4.69, 9.17) is 18.6 Å². The molecular weight excluding hydrogens is 290 g/mol. The largest absolute Gasteiger partial charge is 0.460 e. The van der Waals surface area contributed by atoms with E-state index in [2.05, 4.69) is 62.0 Å². The first-order valence-corrected chi connectivity index (χ1v) is 8.63. The van der Waals surface area contributed by atoms with E-state index >= 15 is 0 Å². The van der Waals surface area contributed by atoms with E-state index in [1.165, 1.54) is 0 Å². The van der Waals surface area contributed by atoms with Gasteiger partial charge in [-0.05, 0) is 73.9 Å². The third-order valence-corrected chi connectivity index (χ3v) is 5.92. The van der Waals surface area contributed by atoms with E-state index < -0.39 is 0 Å². The van der Waals surface area contributed by atoms with Crippen LogP contribution >= 0.6 is 0 Å². The summed E-state index contributed by atoms with van der Waals surface area (Å²) in [6, 6.07) is 0. The number of hydrogen-bond donors (Lipinski definition) is 0. The summed E-state index contributed by atoms with van der Waals surface area (Å²) in [7, 11) is -0.513. The van der Waals surface area contributed by atoms with Crippen LogP contribution in [0.2, 0.25) is 12.1 Å². The van der Waals surface area contributed by atoms with E-state index in [1.807, 2.05) is 6.08 Å². The van der Waals surface area contributed by atoms with Crippen LogP contribution in [0.5, 0.6) is 0 Å². The standard InChI is InChI=1S/C17H32B2O4/c1-10-11-13(19-22-16(6,7)17(8,9)23-19)12-18-20-14(2,3)15(4,5)21-18/h10,13H,1,11-12H2,2-9H3/t13-/m0/s1. The van der Waals surface area contributed by atoms with Crippen LogP contribution in [-0.2, 0) is 18.6 Å². The SMILES string of the molecule is C=CC[C@@H](CB1OC(C)(C)C(C)(C)O1)B1OC(C)(C)C(C)(C)O1. The lowest BCUT2D eigenvalue weighted by atomic mass is 9.60. The molecule has 6 heteroatoms. The Labute approximate surface area is 142 Å². The Balaban J connectivity index is 2.08. The fourth-order valence-corrected chi connectivity index (χ4v) is 2.92. The van der Waals surface area contributed by atoms with Gasteiger partial charge in [-0.3, -0.25) is 0 Å². The van der Waals surface area contributed by atoms with Crippen molar-refractivity contribution in [2.75, 3.05) is 0 Å². The molecule has 0 N–H and O–H groups in total. The van der Waals surface area contributed by atoms with Gasteiger partial charge in [-0.25, -0.2) is 0 Å². The van der Waals surface area contributed by atoms with Gasteiger partial charge in [-0.15, -0.1) is 6.58 Å². The van der Waals surface area contributed by atoms with Crippen LogP contribution in [-0.4, -0.2) is 36.6 Å². The van der Waals surface area contributed by atoms with Gasteiger partial charge in [0.25, 0.3) is 0 Å². The van der Waals surface area contributed by atoms with Crippen molar-refractivity contribution in [1.82, 2.24) is 0 Å². The van der Waals surface area contributed by atoms with Gasteiger partial charge in [0, 0.05) is 0 Å². The molecule has 0 unspecified atom stereocenters. The highest BCUT2D eigenvalue weighted by Crippen LogP contribution is 2.44. The Morgan fingerprint density at radius 3 is 1.57 bits per heavy atom. The van der Waals surface area contributed by atoms with Crippen LogP contribution in [0.25, 0.3) is 0 Å². The van der Waals surface area contributed by atoms with Crippen LogP contribution in [0.3, 0.4) is 0 Å². The molecule has 130 valence electrons. The van der Waals surface area contributed by atoms with Crippen molar-refractivity contribution < 1.29 is 18.6 Å². The third-order valence-electron chi connectivity index (χ3n) is 5.92. The van der Waals surface area contributed by atoms with Crippen molar-refractivity contribution in [1.29, 1.82) is 0 Å². The monoisotopic (exact) mass is 322 g/mol. The molecule has 2 saturated heterocycles. The molecular formula is C17H32B2O4. The Kier molecular flexibility index (Phi) is 4.89. The van der Waals surface area contributed by atoms with Crippen molar-refractivity contribution in [3.05, 3.63) is 12.7 Å².